The molecule has 0 saturated heterocycles. The highest BCUT2D eigenvalue weighted by Gasteiger charge is 2.02. The second-order valence-electron chi connectivity index (χ2n) is 4.24. The summed E-state index contributed by atoms with van der Waals surface area (Å²) in [6.07, 6.45) is 4.19. The van der Waals surface area contributed by atoms with E-state index in [-0.39, 0.29) is 0 Å². The van der Waals surface area contributed by atoms with E-state index in [1.807, 2.05) is 0 Å². The zero-order valence-electron chi connectivity index (χ0n) is 10.9. The number of hydrogen-bond acceptors (Lipinski definition) is 3. The van der Waals surface area contributed by atoms with E-state index < -0.39 is 0 Å². The minimum atomic E-state index is 1.02. The van der Waals surface area contributed by atoms with Gasteiger partial charge in [0.2, 0.25) is 0 Å². The van der Waals surface area contributed by atoms with Gasteiger partial charge < -0.3 is 5.84 Å². The molecule has 0 aromatic heterocycles. The zero-order chi connectivity index (χ0) is 12.5. The third-order valence-corrected chi connectivity index (χ3v) is 2.88. The standard InChI is InChI=1S/C14H23N3/c1-3-5-10-17(4-2)12-14-8-6-13(7-9-14)11-16-15/h6-9,11H,3-5,10,12,15H2,1-2H3. The Morgan fingerprint density at radius 1 is 1.24 bits per heavy atom. The van der Waals surface area contributed by atoms with Crippen LogP contribution in [0.4, 0.5) is 0 Å². The van der Waals surface area contributed by atoms with E-state index in [4.69, 9.17) is 5.84 Å². The van der Waals surface area contributed by atoms with Gasteiger partial charge >= 0.3 is 0 Å². The topological polar surface area (TPSA) is 41.6 Å². The van der Waals surface area contributed by atoms with E-state index in [2.05, 4.69) is 48.1 Å². The molecule has 1 aromatic carbocycles. The van der Waals surface area contributed by atoms with Crippen molar-refractivity contribution in [2.45, 2.75) is 33.2 Å². The fourth-order valence-corrected chi connectivity index (χ4v) is 1.78. The van der Waals surface area contributed by atoms with Crippen molar-refractivity contribution in [3.8, 4) is 0 Å². The summed E-state index contributed by atoms with van der Waals surface area (Å²) >= 11 is 0. The summed E-state index contributed by atoms with van der Waals surface area (Å²) in [4.78, 5) is 2.47. The van der Waals surface area contributed by atoms with Crippen LogP contribution in [-0.4, -0.2) is 24.2 Å². The molecule has 2 N–H and O–H groups in total. The normalized spacial score (nSPS) is 11.5. The van der Waals surface area contributed by atoms with Gasteiger partial charge in [0.1, 0.15) is 0 Å². The molecule has 0 heterocycles. The molecule has 3 heteroatoms. The number of benzene rings is 1. The summed E-state index contributed by atoms with van der Waals surface area (Å²) in [5.74, 6) is 5.12. The van der Waals surface area contributed by atoms with Crippen molar-refractivity contribution in [2.75, 3.05) is 13.1 Å². The van der Waals surface area contributed by atoms with Gasteiger partial charge in [-0.25, -0.2) is 0 Å². The van der Waals surface area contributed by atoms with Crippen LogP contribution in [0.15, 0.2) is 29.4 Å². The van der Waals surface area contributed by atoms with Crippen molar-refractivity contribution in [1.82, 2.24) is 4.90 Å². The maximum atomic E-state index is 5.12. The van der Waals surface area contributed by atoms with Crippen molar-refractivity contribution in [2.24, 2.45) is 10.9 Å². The average molecular weight is 233 g/mol. The lowest BCUT2D eigenvalue weighted by Crippen LogP contribution is -2.23. The Morgan fingerprint density at radius 3 is 2.47 bits per heavy atom. The largest absolute Gasteiger partial charge is 0.323 e. The molecule has 17 heavy (non-hydrogen) atoms. The van der Waals surface area contributed by atoms with Crippen LogP contribution in [0.2, 0.25) is 0 Å². The van der Waals surface area contributed by atoms with Gasteiger partial charge in [0, 0.05) is 6.54 Å². The van der Waals surface area contributed by atoms with Crippen LogP contribution in [0.25, 0.3) is 0 Å². The van der Waals surface area contributed by atoms with Crippen LogP contribution >= 0.6 is 0 Å². The van der Waals surface area contributed by atoms with Gasteiger partial charge in [-0.15, -0.1) is 0 Å². The number of hydrogen-bond donors (Lipinski definition) is 1. The van der Waals surface area contributed by atoms with E-state index in [0.717, 1.165) is 18.7 Å². The molecule has 0 unspecified atom stereocenters. The molecule has 1 rings (SSSR count). The molecule has 0 aliphatic rings. The third-order valence-electron chi connectivity index (χ3n) is 2.88. The lowest BCUT2D eigenvalue weighted by molar-refractivity contribution is 0.275. The van der Waals surface area contributed by atoms with Gasteiger partial charge in [-0.3, -0.25) is 4.90 Å². The van der Waals surface area contributed by atoms with Crippen molar-refractivity contribution >= 4 is 6.21 Å². The van der Waals surface area contributed by atoms with Gasteiger partial charge in [0.15, 0.2) is 0 Å². The number of nitrogens with zero attached hydrogens (tertiary/aromatic N) is 2. The van der Waals surface area contributed by atoms with Gasteiger partial charge in [0.25, 0.3) is 0 Å². The molecular weight excluding hydrogens is 210 g/mol. The molecule has 1 aromatic rings. The number of rotatable bonds is 7. The Balaban J connectivity index is 2.54. The maximum Gasteiger partial charge on any atom is 0.0538 e. The quantitative estimate of drug-likeness (QED) is 0.447. The van der Waals surface area contributed by atoms with Crippen LogP contribution in [0.5, 0.6) is 0 Å². The Hall–Kier alpha value is -1.35. The molecular formula is C14H23N3. The molecule has 0 radical (unpaired) electrons. The highest BCUT2D eigenvalue weighted by Crippen LogP contribution is 2.07. The highest BCUT2D eigenvalue weighted by atomic mass is 15.1. The molecule has 0 spiro atoms. The van der Waals surface area contributed by atoms with Gasteiger partial charge in [0.05, 0.1) is 6.21 Å². The molecule has 0 amide bonds. The SMILES string of the molecule is CCCCN(CC)Cc1ccc(C=NN)cc1. The number of nitrogens with two attached hydrogens (primary N) is 1. The Bertz CT molecular complexity index is 330. The van der Waals surface area contributed by atoms with E-state index in [1.54, 1.807) is 6.21 Å². The molecule has 0 bridgehead atoms. The van der Waals surface area contributed by atoms with Crippen molar-refractivity contribution in [1.29, 1.82) is 0 Å². The lowest BCUT2D eigenvalue weighted by Gasteiger charge is -2.20. The number of hydrazone groups is 1. The first-order valence-electron chi connectivity index (χ1n) is 6.34. The summed E-state index contributed by atoms with van der Waals surface area (Å²) in [5, 5.41) is 3.52. The third kappa shape index (κ3) is 5.00. The van der Waals surface area contributed by atoms with E-state index in [0.29, 0.717) is 0 Å². The molecule has 0 atom stereocenters. The van der Waals surface area contributed by atoms with Gasteiger partial charge in [-0.2, -0.15) is 5.10 Å². The van der Waals surface area contributed by atoms with Gasteiger partial charge in [-0.05, 0) is 30.6 Å². The zero-order valence-corrected chi connectivity index (χ0v) is 10.9. The summed E-state index contributed by atoms with van der Waals surface area (Å²) in [5.41, 5.74) is 2.39. The minimum Gasteiger partial charge on any atom is -0.323 e. The van der Waals surface area contributed by atoms with Crippen LogP contribution < -0.4 is 5.84 Å². The van der Waals surface area contributed by atoms with Crippen LogP contribution in [-0.2, 0) is 6.54 Å². The summed E-state index contributed by atoms with van der Waals surface area (Å²) in [6, 6.07) is 8.40. The van der Waals surface area contributed by atoms with Crippen molar-refractivity contribution < 1.29 is 0 Å². The fourth-order valence-electron chi connectivity index (χ4n) is 1.78. The monoisotopic (exact) mass is 233 g/mol. The Labute approximate surface area is 104 Å². The lowest BCUT2D eigenvalue weighted by atomic mass is 10.1. The molecule has 0 saturated carbocycles. The Morgan fingerprint density at radius 2 is 1.94 bits per heavy atom. The predicted molar refractivity (Wildman–Crippen MR) is 74.1 cm³/mol. The molecule has 3 nitrogen and oxygen atoms in total. The van der Waals surface area contributed by atoms with Crippen LogP contribution in [0.1, 0.15) is 37.8 Å². The summed E-state index contributed by atoms with van der Waals surface area (Å²) in [6.45, 7) is 7.75. The molecule has 94 valence electrons. The second-order valence-corrected chi connectivity index (χ2v) is 4.24. The second kappa shape index (κ2) is 7.85. The maximum absolute atomic E-state index is 5.12. The van der Waals surface area contributed by atoms with Crippen molar-refractivity contribution in [3.63, 3.8) is 0 Å². The first-order chi connectivity index (χ1) is 8.30. The first kappa shape index (κ1) is 13.7. The smallest absolute Gasteiger partial charge is 0.0538 e. The molecule has 0 aliphatic carbocycles. The fraction of sp³-hybridized carbons (Fsp3) is 0.500. The molecule has 0 aliphatic heterocycles. The van der Waals surface area contributed by atoms with E-state index in [9.17, 15) is 0 Å². The predicted octanol–water partition coefficient (Wildman–Crippen LogP) is 2.60. The van der Waals surface area contributed by atoms with E-state index >= 15 is 0 Å². The van der Waals surface area contributed by atoms with Gasteiger partial charge in [-0.1, -0.05) is 44.5 Å². The van der Waals surface area contributed by atoms with Crippen LogP contribution in [0.3, 0.4) is 0 Å². The van der Waals surface area contributed by atoms with Crippen LogP contribution in [0, 0.1) is 0 Å². The highest BCUT2D eigenvalue weighted by molar-refractivity contribution is 5.79. The average Bonchev–Trinajstić information content (AvgIpc) is 2.37. The van der Waals surface area contributed by atoms with E-state index in [1.165, 1.54) is 24.9 Å². The summed E-state index contributed by atoms with van der Waals surface area (Å²) < 4.78 is 0. The molecule has 0 fully saturated rings. The Kier molecular flexibility index (Phi) is 6.33. The van der Waals surface area contributed by atoms with Crippen molar-refractivity contribution in [3.05, 3.63) is 35.4 Å². The number of unbranched alkanes of at least 4 members (excludes halogenated alkanes) is 1. The summed E-state index contributed by atoms with van der Waals surface area (Å²) in [7, 11) is 0. The minimum absolute atomic E-state index is 1.02. The first-order valence-corrected chi connectivity index (χ1v) is 6.34.